The van der Waals surface area contributed by atoms with Gasteiger partial charge in [0.05, 0.1) is 24.9 Å². The van der Waals surface area contributed by atoms with Crippen LogP contribution in [0.2, 0.25) is 0 Å². The van der Waals surface area contributed by atoms with Crippen LogP contribution in [0.4, 0.5) is 0 Å². The van der Waals surface area contributed by atoms with Crippen LogP contribution in [0, 0.1) is 0 Å². The molecule has 0 amide bonds. The van der Waals surface area contributed by atoms with Crippen LogP contribution in [0.25, 0.3) is 11.1 Å². The van der Waals surface area contributed by atoms with E-state index in [0.29, 0.717) is 30.9 Å². The van der Waals surface area contributed by atoms with Gasteiger partial charge < -0.3 is 18.9 Å². The van der Waals surface area contributed by atoms with Gasteiger partial charge in [-0.25, -0.2) is 4.79 Å². The van der Waals surface area contributed by atoms with Crippen molar-refractivity contribution >= 4 is 11.9 Å². The number of benzene rings is 3. The Bertz CT molecular complexity index is 1190. The monoisotopic (exact) mass is 574 g/mol. The minimum Gasteiger partial charge on any atom is -0.494 e. The van der Waals surface area contributed by atoms with Crippen LogP contribution in [0.15, 0.2) is 72.8 Å². The van der Waals surface area contributed by atoms with E-state index in [1.54, 1.807) is 31.2 Å². The van der Waals surface area contributed by atoms with E-state index in [4.69, 9.17) is 18.9 Å². The molecule has 3 aromatic rings. The highest BCUT2D eigenvalue weighted by Gasteiger charge is 2.11. The first-order valence-corrected chi connectivity index (χ1v) is 15.5. The van der Waals surface area contributed by atoms with Gasteiger partial charge in [-0.15, -0.1) is 0 Å². The molecule has 3 aromatic carbocycles. The van der Waals surface area contributed by atoms with Crippen LogP contribution in [0.1, 0.15) is 95.3 Å². The minimum absolute atomic E-state index is 0.137. The second kappa shape index (κ2) is 18.6. The summed E-state index contributed by atoms with van der Waals surface area (Å²) in [4.78, 5) is 23.8. The summed E-state index contributed by atoms with van der Waals surface area (Å²) in [6.07, 6.45) is 10.4. The first-order chi connectivity index (χ1) is 20.5. The van der Waals surface area contributed by atoms with E-state index in [2.05, 4.69) is 13.8 Å². The van der Waals surface area contributed by atoms with Crippen molar-refractivity contribution in [2.24, 2.45) is 0 Å². The third kappa shape index (κ3) is 12.0. The molecule has 0 aromatic heterocycles. The van der Waals surface area contributed by atoms with Crippen LogP contribution in [-0.4, -0.2) is 31.3 Å². The van der Waals surface area contributed by atoms with Crippen molar-refractivity contribution in [2.45, 2.75) is 91.1 Å². The summed E-state index contributed by atoms with van der Waals surface area (Å²) in [6, 6.07) is 22.6. The summed E-state index contributed by atoms with van der Waals surface area (Å²) < 4.78 is 22.5. The molecular formula is C36H46O6. The van der Waals surface area contributed by atoms with E-state index >= 15 is 0 Å². The van der Waals surface area contributed by atoms with Gasteiger partial charge in [0.15, 0.2) is 0 Å². The van der Waals surface area contributed by atoms with E-state index in [1.165, 1.54) is 25.7 Å². The lowest BCUT2D eigenvalue weighted by Gasteiger charge is -2.14. The number of unbranched alkanes of at least 4 members (excludes halogenated alkanes) is 6. The first-order valence-electron chi connectivity index (χ1n) is 15.5. The van der Waals surface area contributed by atoms with Crippen LogP contribution >= 0.6 is 0 Å². The number of carbonyl (C=O) groups excluding carboxylic acids is 2. The molecule has 6 heteroatoms. The molecule has 0 unspecified atom stereocenters. The predicted molar refractivity (Wildman–Crippen MR) is 167 cm³/mol. The van der Waals surface area contributed by atoms with Gasteiger partial charge in [-0.1, -0.05) is 57.4 Å². The molecule has 1 atom stereocenters. The van der Waals surface area contributed by atoms with Gasteiger partial charge in [-0.2, -0.15) is 0 Å². The Morgan fingerprint density at radius 2 is 1.21 bits per heavy atom. The third-order valence-corrected chi connectivity index (χ3v) is 7.00. The van der Waals surface area contributed by atoms with Gasteiger partial charge in [-0.3, -0.25) is 4.79 Å². The fourth-order valence-electron chi connectivity index (χ4n) is 4.48. The maximum atomic E-state index is 12.7. The van der Waals surface area contributed by atoms with Gasteiger partial charge >= 0.3 is 11.9 Å². The zero-order valence-corrected chi connectivity index (χ0v) is 25.4. The Balaban J connectivity index is 1.38. The van der Waals surface area contributed by atoms with E-state index in [-0.39, 0.29) is 12.1 Å². The number of esters is 2. The lowest BCUT2D eigenvalue weighted by molar-refractivity contribution is -0.143. The maximum absolute atomic E-state index is 12.7. The number of ether oxygens (including phenoxy) is 4. The zero-order chi connectivity index (χ0) is 30.0. The molecule has 0 radical (unpaired) electrons. The maximum Gasteiger partial charge on any atom is 0.343 e. The summed E-state index contributed by atoms with van der Waals surface area (Å²) in [7, 11) is 0. The Morgan fingerprint density at radius 3 is 1.83 bits per heavy atom. The van der Waals surface area contributed by atoms with Crippen LogP contribution in [0.5, 0.6) is 17.2 Å². The summed E-state index contributed by atoms with van der Waals surface area (Å²) in [5.41, 5.74) is 2.56. The molecule has 0 heterocycles. The third-order valence-electron chi connectivity index (χ3n) is 7.00. The molecule has 0 fully saturated rings. The number of hydrogen-bond acceptors (Lipinski definition) is 6. The highest BCUT2D eigenvalue weighted by molar-refractivity contribution is 5.91. The van der Waals surface area contributed by atoms with E-state index in [9.17, 15) is 9.59 Å². The van der Waals surface area contributed by atoms with Crippen LogP contribution in [0.3, 0.4) is 0 Å². The second-order valence-corrected chi connectivity index (χ2v) is 10.6. The average molecular weight is 575 g/mol. The number of carbonyl (C=O) groups is 2. The molecular weight excluding hydrogens is 528 g/mol. The molecule has 0 saturated carbocycles. The topological polar surface area (TPSA) is 71.1 Å². The smallest absolute Gasteiger partial charge is 0.343 e. The SMILES string of the molecule is CCCCCC[C@H](C)Oc1ccc(C(=O)Oc2ccc(-c3ccc(OCCCCCCOC(=O)CC)cc3)cc2)cc1. The van der Waals surface area contributed by atoms with E-state index in [0.717, 1.165) is 54.7 Å². The lowest BCUT2D eigenvalue weighted by atomic mass is 10.1. The van der Waals surface area contributed by atoms with Crippen molar-refractivity contribution < 1.29 is 28.5 Å². The van der Waals surface area contributed by atoms with Crippen LogP contribution in [-0.2, 0) is 9.53 Å². The summed E-state index contributed by atoms with van der Waals surface area (Å²) in [5, 5.41) is 0. The molecule has 42 heavy (non-hydrogen) atoms. The highest BCUT2D eigenvalue weighted by Crippen LogP contribution is 2.25. The molecule has 0 N–H and O–H groups in total. The van der Waals surface area contributed by atoms with E-state index < -0.39 is 5.97 Å². The molecule has 3 rings (SSSR count). The Kier molecular flexibility index (Phi) is 14.5. The summed E-state index contributed by atoms with van der Waals surface area (Å²) in [5.74, 6) is 1.55. The lowest BCUT2D eigenvalue weighted by Crippen LogP contribution is -2.12. The van der Waals surface area contributed by atoms with E-state index in [1.807, 2.05) is 48.5 Å². The Hall–Kier alpha value is -3.80. The van der Waals surface area contributed by atoms with Gasteiger partial charge in [0.1, 0.15) is 17.2 Å². The fraction of sp³-hybridized carbons (Fsp3) is 0.444. The molecule has 0 aliphatic carbocycles. The van der Waals surface area contributed by atoms with Gasteiger partial charge in [-0.05, 0) is 105 Å². The molecule has 6 nitrogen and oxygen atoms in total. The second-order valence-electron chi connectivity index (χ2n) is 10.6. The van der Waals surface area contributed by atoms with Crippen molar-refractivity contribution in [3.63, 3.8) is 0 Å². The fourth-order valence-corrected chi connectivity index (χ4v) is 4.48. The van der Waals surface area contributed by atoms with Crippen molar-refractivity contribution in [1.82, 2.24) is 0 Å². The summed E-state index contributed by atoms with van der Waals surface area (Å²) >= 11 is 0. The molecule has 0 spiro atoms. The van der Waals surface area contributed by atoms with Crippen molar-refractivity contribution in [3.05, 3.63) is 78.4 Å². The molecule has 0 saturated heterocycles. The van der Waals surface area contributed by atoms with Gasteiger partial charge in [0.2, 0.25) is 0 Å². The molecule has 0 aliphatic rings. The molecule has 226 valence electrons. The quantitative estimate of drug-likeness (QED) is 0.0807. The van der Waals surface area contributed by atoms with Gasteiger partial charge in [0, 0.05) is 6.42 Å². The Labute approximate surface area is 251 Å². The van der Waals surface area contributed by atoms with Crippen molar-refractivity contribution in [1.29, 1.82) is 0 Å². The standard InChI is InChI=1S/C36H46O6/c1-4-6-7-10-13-28(3)41-33-24-18-31(19-25-33)36(38)42-34-22-16-30(17-23-34)29-14-20-32(21-15-29)39-26-11-8-9-12-27-40-35(37)5-2/h14-25,28H,4-13,26-27H2,1-3H3/t28-/m0/s1. The van der Waals surface area contributed by atoms with Crippen molar-refractivity contribution in [3.8, 4) is 28.4 Å². The number of rotatable bonds is 19. The normalized spacial score (nSPS) is 11.5. The van der Waals surface area contributed by atoms with Crippen LogP contribution < -0.4 is 14.2 Å². The molecule has 0 bridgehead atoms. The van der Waals surface area contributed by atoms with Gasteiger partial charge in [0.25, 0.3) is 0 Å². The zero-order valence-electron chi connectivity index (χ0n) is 25.4. The number of hydrogen-bond donors (Lipinski definition) is 0. The summed E-state index contributed by atoms with van der Waals surface area (Å²) in [6.45, 7) is 7.25. The minimum atomic E-state index is -0.400. The predicted octanol–water partition coefficient (Wildman–Crippen LogP) is 9.20. The highest BCUT2D eigenvalue weighted by atomic mass is 16.5. The largest absolute Gasteiger partial charge is 0.494 e. The van der Waals surface area contributed by atoms with Crippen molar-refractivity contribution in [2.75, 3.05) is 13.2 Å². The first kappa shape index (κ1) is 32.7. The Morgan fingerprint density at radius 1 is 0.643 bits per heavy atom. The molecule has 0 aliphatic heterocycles. The average Bonchev–Trinajstić information content (AvgIpc) is 3.01.